The van der Waals surface area contributed by atoms with Gasteiger partial charge in [-0.2, -0.15) is 0 Å². The molecule has 0 aliphatic rings. The molecule has 21 heavy (non-hydrogen) atoms. The molecule has 0 fully saturated rings. The van der Waals surface area contributed by atoms with Gasteiger partial charge in [-0.25, -0.2) is 18.4 Å². The Labute approximate surface area is 122 Å². The van der Waals surface area contributed by atoms with Gasteiger partial charge in [0, 0.05) is 5.69 Å². The number of nitrogens with two attached hydrogens (primary N) is 1. The molecule has 0 atom stereocenters. The van der Waals surface area contributed by atoms with Gasteiger partial charge in [0.25, 0.3) is 0 Å². The second-order valence-corrected chi connectivity index (χ2v) is 5.95. The maximum absolute atomic E-state index is 11.6. The number of anilines is 1. The number of primary sulfonamides is 1. The third-order valence-electron chi connectivity index (χ3n) is 2.70. The molecule has 0 radical (unpaired) electrons. The summed E-state index contributed by atoms with van der Waals surface area (Å²) in [6.45, 7) is 2.34. The van der Waals surface area contributed by atoms with Crippen molar-refractivity contribution in [3.8, 4) is 0 Å². The van der Waals surface area contributed by atoms with Crippen molar-refractivity contribution in [2.75, 3.05) is 18.5 Å². The van der Waals surface area contributed by atoms with Crippen LogP contribution in [0.5, 0.6) is 0 Å². The van der Waals surface area contributed by atoms with Crippen molar-refractivity contribution in [2.45, 2.75) is 18.7 Å². The number of ether oxygens (including phenoxy) is 1. The fourth-order valence-corrected chi connectivity index (χ4v) is 2.16. The molecule has 0 heterocycles. The fraction of sp³-hybridized carbons (Fsp3) is 0.333. The first-order valence-corrected chi connectivity index (χ1v) is 7.39. The quantitative estimate of drug-likeness (QED) is 0.675. The second-order valence-electron chi connectivity index (χ2n) is 4.39. The second kappa shape index (κ2) is 6.66. The Balaban J connectivity index is 2.90. The minimum Gasteiger partial charge on any atom is -0.480 e. The van der Waals surface area contributed by atoms with E-state index in [-0.39, 0.29) is 10.6 Å². The van der Waals surface area contributed by atoms with Gasteiger partial charge in [0.2, 0.25) is 15.9 Å². The van der Waals surface area contributed by atoms with Gasteiger partial charge in [0.05, 0.1) is 4.90 Å². The Morgan fingerprint density at radius 2 is 1.90 bits per heavy atom. The number of carboxylic acid groups (broad SMARTS) is 1. The molecule has 0 bridgehead atoms. The summed E-state index contributed by atoms with van der Waals surface area (Å²) in [6.07, 6.45) is 0. The van der Waals surface area contributed by atoms with Gasteiger partial charge in [0.1, 0.15) is 13.2 Å². The van der Waals surface area contributed by atoms with Crippen molar-refractivity contribution in [3.63, 3.8) is 0 Å². The molecule has 0 aliphatic heterocycles. The molecule has 8 nitrogen and oxygen atoms in total. The number of hydrogen-bond donors (Lipinski definition) is 3. The molecular weight excluding hydrogens is 300 g/mol. The monoisotopic (exact) mass is 316 g/mol. The molecular formula is C12H16N2O6S. The van der Waals surface area contributed by atoms with E-state index in [1.165, 1.54) is 12.1 Å². The third-order valence-corrected chi connectivity index (χ3v) is 3.59. The summed E-state index contributed by atoms with van der Waals surface area (Å²) in [6, 6.07) is 2.65. The molecule has 0 spiro atoms. The highest BCUT2D eigenvalue weighted by Gasteiger charge is 2.14. The van der Waals surface area contributed by atoms with E-state index in [0.29, 0.717) is 11.1 Å². The SMILES string of the molecule is Cc1cc(S(N)(=O)=O)cc(NC(=O)COCC(=O)O)c1C. The van der Waals surface area contributed by atoms with Crippen LogP contribution in [0.25, 0.3) is 0 Å². The Kier molecular flexibility index (Phi) is 5.41. The lowest BCUT2D eigenvalue weighted by atomic mass is 10.1. The van der Waals surface area contributed by atoms with Crippen molar-refractivity contribution >= 4 is 27.6 Å². The number of sulfonamides is 1. The molecule has 9 heteroatoms. The predicted octanol–water partition coefficient (Wildman–Crippen LogP) is -0.00946. The number of aryl methyl sites for hydroxylation is 1. The van der Waals surface area contributed by atoms with Gasteiger partial charge in [-0.1, -0.05) is 0 Å². The summed E-state index contributed by atoms with van der Waals surface area (Å²) in [5, 5.41) is 15.9. The van der Waals surface area contributed by atoms with Gasteiger partial charge >= 0.3 is 5.97 Å². The molecule has 1 aromatic rings. The largest absolute Gasteiger partial charge is 0.480 e. The minimum atomic E-state index is -3.89. The minimum absolute atomic E-state index is 0.118. The van der Waals surface area contributed by atoms with Gasteiger partial charge < -0.3 is 15.2 Å². The highest BCUT2D eigenvalue weighted by molar-refractivity contribution is 7.89. The Morgan fingerprint density at radius 3 is 2.43 bits per heavy atom. The number of benzene rings is 1. The fourth-order valence-electron chi connectivity index (χ4n) is 1.54. The van der Waals surface area contributed by atoms with Crippen LogP contribution < -0.4 is 10.5 Å². The molecule has 0 aromatic heterocycles. The van der Waals surface area contributed by atoms with Crippen LogP contribution in [-0.2, 0) is 24.3 Å². The number of carbonyl (C=O) groups is 2. The van der Waals surface area contributed by atoms with E-state index in [1.807, 2.05) is 0 Å². The average molecular weight is 316 g/mol. The van der Waals surface area contributed by atoms with E-state index in [4.69, 9.17) is 10.2 Å². The van der Waals surface area contributed by atoms with E-state index in [9.17, 15) is 18.0 Å². The molecule has 4 N–H and O–H groups in total. The maximum atomic E-state index is 11.6. The number of amides is 1. The molecule has 0 saturated carbocycles. The summed E-state index contributed by atoms with van der Waals surface area (Å²) < 4.78 is 27.4. The number of rotatable bonds is 6. The Hall–Kier alpha value is -1.97. The van der Waals surface area contributed by atoms with Crippen LogP contribution in [0.1, 0.15) is 11.1 Å². The van der Waals surface area contributed by atoms with Crippen molar-refractivity contribution < 1.29 is 27.9 Å². The maximum Gasteiger partial charge on any atom is 0.329 e. The standard InChI is InChI=1S/C12H16N2O6S/c1-7-3-9(21(13,18)19)4-10(8(7)2)14-11(15)5-20-6-12(16)17/h3-4H,5-6H2,1-2H3,(H,14,15)(H,16,17)(H2,13,18,19). The van der Waals surface area contributed by atoms with Gasteiger partial charge in [-0.05, 0) is 37.1 Å². The van der Waals surface area contributed by atoms with Crippen LogP contribution in [0, 0.1) is 13.8 Å². The first kappa shape index (κ1) is 17.1. The molecule has 0 saturated heterocycles. The highest BCUT2D eigenvalue weighted by atomic mass is 32.2. The van der Waals surface area contributed by atoms with Crippen LogP contribution in [0.2, 0.25) is 0 Å². The van der Waals surface area contributed by atoms with Crippen molar-refractivity contribution in [3.05, 3.63) is 23.3 Å². The zero-order chi connectivity index (χ0) is 16.2. The number of nitrogens with one attached hydrogen (secondary N) is 1. The van der Waals surface area contributed by atoms with Crippen molar-refractivity contribution in [1.82, 2.24) is 0 Å². The Bertz CT molecular complexity index is 669. The first-order chi connectivity index (χ1) is 9.61. The lowest BCUT2D eigenvalue weighted by Crippen LogP contribution is -2.22. The van der Waals surface area contributed by atoms with Crippen LogP contribution in [0.4, 0.5) is 5.69 Å². The molecule has 0 unspecified atom stereocenters. The molecule has 0 aliphatic carbocycles. The highest BCUT2D eigenvalue weighted by Crippen LogP contribution is 2.23. The molecule has 116 valence electrons. The zero-order valence-corrected chi connectivity index (χ0v) is 12.4. The average Bonchev–Trinajstić information content (AvgIpc) is 2.32. The predicted molar refractivity (Wildman–Crippen MR) is 74.4 cm³/mol. The molecule has 1 rings (SSSR count). The van der Waals surface area contributed by atoms with E-state index in [2.05, 4.69) is 10.1 Å². The summed E-state index contributed by atoms with van der Waals surface area (Å²) in [5.74, 6) is -1.78. The van der Waals surface area contributed by atoms with Gasteiger partial charge in [0.15, 0.2) is 0 Å². The number of hydrogen-bond acceptors (Lipinski definition) is 5. The van der Waals surface area contributed by atoms with Crippen LogP contribution >= 0.6 is 0 Å². The summed E-state index contributed by atoms with van der Waals surface area (Å²) in [4.78, 5) is 21.7. The van der Waals surface area contributed by atoms with Crippen molar-refractivity contribution in [2.24, 2.45) is 5.14 Å². The van der Waals surface area contributed by atoms with E-state index in [0.717, 1.165) is 0 Å². The smallest absolute Gasteiger partial charge is 0.329 e. The summed E-state index contributed by atoms with van der Waals surface area (Å²) >= 11 is 0. The summed E-state index contributed by atoms with van der Waals surface area (Å²) in [7, 11) is -3.89. The zero-order valence-electron chi connectivity index (χ0n) is 11.5. The van der Waals surface area contributed by atoms with E-state index in [1.54, 1.807) is 13.8 Å². The molecule has 1 amide bonds. The number of aliphatic carboxylic acids is 1. The first-order valence-electron chi connectivity index (χ1n) is 5.84. The van der Waals surface area contributed by atoms with E-state index >= 15 is 0 Å². The van der Waals surface area contributed by atoms with Crippen LogP contribution in [-0.4, -0.2) is 38.6 Å². The number of carbonyl (C=O) groups excluding carboxylic acids is 1. The topological polar surface area (TPSA) is 136 Å². The third kappa shape index (κ3) is 5.14. The summed E-state index contributed by atoms with van der Waals surface area (Å²) in [5.41, 5.74) is 1.60. The lowest BCUT2D eigenvalue weighted by molar-refractivity contribution is -0.143. The van der Waals surface area contributed by atoms with Crippen LogP contribution in [0.3, 0.4) is 0 Å². The van der Waals surface area contributed by atoms with Crippen molar-refractivity contribution in [1.29, 1.82) is 0 Å². The Morgan fingerprint density at radius 1 is 1.29 bits per heavy atom. The lowest BCUT2D eigenvalue weighted by Gasteiger charge is -2.12. The normalized spacial score (nSPS) is 11.2. The number of carboxylic acids is 1. The van der Waals surface area contributed by atoms with Gasteiger partial charge in [-0.3, -0.25) is 4.79 Å². The molecule has 1 aromatic carbocycles. The van der Waals surface area contributed by atoms with Crippen LogP contribution in [0.15, 0.2) is 17.0 Å². The van der Waals surface area contributed by atoms with E-state index < -0.39 is 35.1 Å². The van der Waals surface area contributed by atoms with Gasteiger partial charge in [-0.15, -0.1) is 0 Å².